The number of nitrogens with zero attached hydrogens (tertiary/aromatic N) is 2. The number of carbonyl (C=O) groups is 3. The fraction of sp³-hybridized carbons (Fsp3) is 0.348. The predicted molar refractivity (Wildman–Crippen MR) is 127 cm³/mol. The maximum absolute atomic E-state index is 12.8. The first-order valence-corrected chi connectivity index (χ1v) is 12.6. The molecular weight excluding hydrogens is 460 g/mol. The zero-order chi connectivity index (χ0) is 24.5. The van der Waals surface area contributed by atoms with E-state index in [0.717, 1.165) is 11.3 Å². The third kappa shape index (κ3) is 4.87. The van der Waals surface area contributed by atoms with Crippen molar-refractivity contribution in [3.8, 4) is 0 Å². The summed E-state index contributed by atoms with van der Waals surface area (Å²) in [6.07, 6.45) is 0. The van der Waals surface area contributed by atoms with E-state index in [1.807, 2.05) is 24.3 Å². The van der Waals surface area contributed by atoms with Crippen LogP contribution in [0.1, 0.15) is 22.8 Å². The Morgan fingerprint density at radius 2 is 1.76 bits per heavy atom. The fourth-order valence-electron chi connectivity index (χ4n) is 4.42. The first-order chi connectivity index (χ1) is 16.2. The van der Waals surface area contributed by atoms with Crippen LogP contribution in [0.15, 0.2) is 53.4 Å². The maximum Gasteiger partial charge on any atom is 0.251 e. The molecule has 10 nitrogen and oxygen atoms in total. The van der Waals surface area contributed by atoms with Crippen LogP contribution in [0.25, 0.3) is 0 Å². The van der Waals surface area contributed by atoms with Crippen LogP contribution in [0, 0.1) is 5.92 Å². The molecule has 2 heterocycles. The monoisotopic (exact) mass is 488 g/mol. The van der Waals surface area contributed by atoms with Crippen molar-refractivity contribution in [2.24, 2.45) is 5.92 Å². The van der Waals surface area contributed by atoms with Crippen molar-refractivity contribution in [1.29, 1.82) is 0 Å². The second kappa shape index (κ2) is 9.63. The molecule has 0 spiro atoms. The molecule has 2 aromatic carbocycles. The molecule has 182 valence electrons. The largest absolute Gasteiger partial charge is 0.364 e. The molecule has 0 radical (unpaired) electrons. The summed E-state index contributed by atoms with van der Waals surface area (Å²) in [5.74, 6) is -1.72. The quantitative estimate of drug-likeness (QED) is 0.320. The highest BCUT2D eigenvalue weighted by atomic mass is 32.3. The SMILES string of the molecule is CC(=O)N1C[C@H](C(=O)NO)[C@H](NC(=O)c2ccc(CN3CCS(O)(O)c4ccccc43)cc2)C1. The number of hydrogen-bond donors (Lipinski definition) is 5. The number of para-hydroxylation sites is 1. The van der Waals surface area contributed by atoms with Crippen molar-refractivity contribution >= 4 is 34.0 Å². The predicted octanol–water partition coefficient (Wildman–Crippen LogP) is 1.90. The highest BCUT2D eigenvalue weighted by molar-refractivity contribution is 8.24. The Hall–Kier alpha value is -3.12. The van der Waals surface area contributed by atoms with Gasteiger partial charge in [0.05, 0.1) is 28.3 Å². The average molecular weight is 489 g/mol. The van der Waals surface area contributed by atoms with Crippen LogP contribution in [0.4, 0.5) is 5.69 Å². The van der Waals surface area contributed by atoms with Crippen molar-refractivity contribution in [1.82, 2.24) is 15.7 Å². The minimum absolute atomic E-state index is 0.119. The Labute approximate surface area is 198 Å². The van der Waals surface area contributed by atoms with E-state index in [-0.39, 0.29) is 30.7 Å². The smallest absolute Gasteiger partial charge is 0.251 e. The molecule has 2 atom stereocenters. The summed E-state index contributed by atoms with van der Waals surface area (Å²) in [6.45, 7) is 2.74. The lowest BCUT2D eigenvalue weighted by Crippen LogP contribution is -2.45. The van der Waals surface area contributed by atoms with Crippen LogP contribution in [0.5, 0.6) is 0 Å². The molecule has 0 aliphatic carbocycles. The third-order valence-electron chi connectivity index (χ3n) is 6.32. The number of amides is 3. The van der Waals surface area contributed by atoms with Gasteiger partial charge in [0.25, 0.3) is 5.91 Å². The number of hydroxylamine groups is 1. The Morgan fingerprint density at radius 1 is 1.06 bits per heavy atom. The molecule has 0 bridgehead atoms. The van der Waals surface area contributed by atoms with E-state index in [2.05, 4.69) is 10.2 Å². The maximum atomic E-state index is 12.8. The van der Waals surface area contributed by atoms with Crippen molar-refractivity contribution in [3.63, 3.8) is 0 Å². The zero-order valence-corrected chi connectivity index (χ0v) is 19.5. The Morgan fingerprint density at radius 3 is 2.44 bits per heavy atom. The minimum Gasteiger partial charge on any atom is -0.364 e. The molecule has 11 heteroatoms. The molecule has 34 heavy (non-hydrogen) atoms. The number of benzene rings is 2. The van der Waals surface area contributed by atoms with Gasteiger partial charge < -0.3 is 15.1 Å². The van der Waals surface area contributed by atoms with Crippen LogP contribution in [-0.4, -0.2) is 68.4 Å². The van der Waals surface area contributed by atoms with Crippen molar-refractivity contribution < 1.29 is 28.7 Å². The average Bonchev–Trinajstić information content (AvgIpc) is 3.25. The Bertz CT molecular complexity index is 1090. The van der Waals surface area contributed by atoms with Gasteiger partial charge in [-0.2, -0.15) is 10.6 Å². The Kier molecular flexibility index (Phi) is 6.80. The van der Waals surface area contributed by atoms with Crippen LogP contribution in [-0.2, 0) is 16.1 Å². The molecule has 0 aromatic heterocycles. The highest BCUT2D eigenvalue weighted by Crippen LogP contribution is 2.55. The van der Waals surface area contributed by atoms with Crippen LogP contribution >= 0.6 is 10.6 Å². The second-order valence-electron chi connectivity index (χ2n) is 8.54. The first kappa shape index (κ1) is 24.0. The molecule has 3 amide bonds. The van der Waals surface area contributed by atoms with Gasteiger partial charge >= 0.3 is 0 Å². The summed E-state index contributed by atoms with van der Waals surface area (Å²) < 4.78 is 20.7. The van der Waals surface area contributed by atoms with Gasteiger partial charge in [0.1, 0.15) is 0 Å². The fourth-order valence-corrected chi connectivity index (χ4v) is 5.94. The molecule has 2 aliphatic rings. The molecule has 0 unspecified atom stereocenters. The van der Waals surface area contributed by atoms with Crippen molar-refractivity contribution in [2.45, 2.75) is 24.4 Å². The molecule has 0 saturated carbocycles. The van der Waals surface area contributed by atoms with Gasteiger partial charge in [0.15, 0.2) is 0 Å². The van der Waals surface area contributed by atoms with Crippen molar-refractivity contribution in [3.05, 3.63) is 59.7 Å². The van der Waals surface area contributed by atoms with E-state index in [0.29, 0.717) is 23.5 Å². The molecule has 1 saturated heterocycles. The number of fused-ring (bicyclic) bond motifs is 1. The summed E-state index contributed by atoms with van der Waals surface area (Å²) in [5.41, 5.74) is 3.75. The molecule has 4 rings (SSSR count). The van der Waals surface area contributed by atoms with Crippen LogP contribution in [0.3, 0.4) is 0 Å². The molecule has 2 aromatic rings. The number of hydrogen-bond acceptors (Lipinski definition) is 7. The summed E-state index contributed by atoms with van der Waals surface area (Å²) in [7, 11) is -2.78. The van der Waals surface area contributed by atoms with Gasteiger partial charge in [-0.05, 0) is 29.8 Å². The van der Waals surface area contributed by atoms with Gasteiger partial charge in [0.2, 0.25) is 11.8 Å². The Balaban J connectivity index is 1.43. The summed E-state index contributed by atoms with van der Waals surface area (Å²) >= 11 is 0. The lowest BCUT2D eigenvalue weighted by Gasteiger charge is -2.43. The van der Waals surface area contributed by atoms with Gasteiger partial charge in [-0.1, -0.05) is 24.3 Å². The molecule has 5 N–H and O–H groups in total. The second-order valence-corrected chi connectivity index (χ2v) is 10.7. The molecule has 1 fully saturated rings. The summed E-state index contributed by atoms with van der Waals surface area (Å²) in [6, 6.07) is 13.7. The third-order valence-corrected chi connectivity index (χ3v) is 8.12. The highest BCUT2D eigenvalue weighted by Gasteiger charge is 2.39. The van der Waals surface area contributed by atoms with Crippen LogP contribution in [0.2, 0.25) is 0 Å². The lowest BCUT2D eigenvalue weighted by atomic mass is 10.0. The first-order valence-electron chi connectivity index (χ1n) is 10.9. The number of carbonyl (C=O) groups excluding carboxylic acids is 3. The van der Waals surface area contributed by atoms with Crippen LogP contribution < -0.4 is 15.7 Å². The lowest BCUT2D eigenvalue weighted by molar-refractivity contribution is -0.133. The number of rotatable bonds is 5. The zero-order valence-electron chi connectivity index (χ0n) is 18.7. The van der Waals surface area contributed by atoms with Crippen molar-refractivity contribution in [2.75, 3.05) is 30.3 Å². The van der Waals surface area contributed by atoms with E-state index < -0.39 is 28.5 Å². The van der Waals surface area contributed by atoms with E-state index in [4.69, 9.17) is 5.21 Å². The van der Waals surface area contributed by atoms with E-state index in [9.17, 15) is 23.5 Å². The van der Waals surface area contributed by atoms with E-state index in [1.54, 1.807) is 29.7 Å². The van der Waals surface area contributed by atoms with E-state index in [1.165, 1.54) is 11.8 Å². The van der Waals surface area contributed by atoms with Gasteiger partial charge in [0, 0.05) is 38.7 Å². The standard InChI is InChI=1S/C23H28N4O6S/c1-15(28)27-13-18(23(30)25-31)19(14-27)24-22(29)17-8-6-16(7-9-17)12-26-10-11-34(32,33)21-5-3-2-4-20(21)26/h2-9,18-19,31-33H,10-14H2,1H3,(H,24,29)(H,25,30)/t18-,19+/m0/s1. The van der Waals surface area contributed by atoms with E-state index >= 15 is 0 Å². The number of likely N-dealkylation sites (tertiary alicyclic amines) is 1. The summed E-state index contributed by atoms with van der Waals surface area (Å²) in [4.78, 5) is 40.6. The van der Waals surface area contributed by atoms with Gasteiger partial charge in [-0.25, -0.2) is 5.48 Å². The number of nitrogens with one attached hydrogen (secondary N) is 2. The normalized spacial score (nSPS) is 22.0. The van der Waals surface area contributed by atoms with Gasteiger partial charge in [-0.15, -0.1) is 0 Å². The minimum atomic E-state index is -2.78. The number of anilines is 1. The summed E-state index contributed by atoms with van der Waals surface area (Å²) in [5, 5.41) is 11.8. The topological polar surface area (TPSA) is 142 Å². The molecular formula is C23H28N4O6S. The van der Waals surface area contributed by atoms with Gasteiger partial charge in [-0.3, -0.25) is 28.7 Å². The molecule has 2 aliphatic heterocycles.